The first-order chi connectivity index (χ1) is 9.72. The zero-order valence-electron chi connectivity index (χ0n) is 12.1. The van der Waals surface area contributed by atoms with Gasteiger partial charge in [0.1, 0.15) is 5.01 Å². The van der Waals surface area contributed by atoms with Gasteiger partial charge in [0.15, 0.2) is 0 Å². The number of hydrogen-bond donors (Lipinski definition) is 1. The summed E-state index contributed by atoms with van der Waals surface area (Å²) in [5.74, 6) is 0. The van der Waals surface area contributed by atoms with E-state index in [0.29, 0.717) is 6.04 Å². The minimum atomic E-state index is 0.511. The van der Waals surface area contributed by atoms with Gasteiger partial charge in [-0.05, 0) is 12.1 Å². The Labute approximate surface area is 124 Å². The Hall–Kier alpha value is -1.39. The van der Waals surface area contributed by atoms with Gasteiger partial charge in [-0.3, -0.25) is 0 Å². The second kappa shape index (κ2) is 5.94. The number of nitrogens with zero attached hydrogens (tertiary/aromatic N) is 2. The Morgan fingerprint density at radius 2 is 2.10 bits per heavy atom. The zero-order valence-corrected chi connectivity index (χ0v) is 12.9. The van der Waals surface area contributed by atoms with Gasteiger partial charge in [-0.2, -0.15) is 0 Å². The molecule has 3 rings (SSSR count). The van der Waals surface area contributed by atoms with E-state index >= 15 is 0 Å². The fourth-order valence-corrected chi connectivity index (χ4v) is 3.56. The minimum absolute atomic E-state index is 0.511. The molecule has 1 N–H and O–H groups in total. The van der Waals surface area contributed by atoms with E-state index in [1.165, 1.54) is 21.3 Å². The van der Waals surface area contributed by atoms with Gasteiger partial charge in [-0.15, -0.1) is 11.3 Å². The molecule has 0 fully saturated rings. The largest absolute Gasteiger partial charge is 0.366 e. The lowest BCUT2D eigenvalue weighted by molar-refractivity contribution is 0.586. The molecule has 3 nitrogen and oxygen atoms in total. The normalized spacial score (nSPS) is 14.7. The van der Waals surface area contributed by atoms with Crippen molar-refractivity contribution in [1.82, 2.24) is 10.3 Å². The molecule has 0 unspecified atom stereocenters. The first-order valence-electron chi connectivity index (χ1n) is 7.23. The van der Waals surface area contributed by atoms with Crippen molar-refractivity contribution >= 4 is 17.0 Å². The molecule has 0 aliphatic carbocycles. The Bertz CT molecular complexity index is 562. The van der Waals surface area contributed by atoms with Gasteiger partial charge in [-0.25, -0.2) is 4.98 Å². The molecule has 0 saturated heterocycles. The quantitative estimate of drug-likeness (QED) is 0.936. The number of rotatable bonds is 4. The number of anilines is 1. The lowest BCUT2D eigenvalue weighted by Gasteiger charge is -2.28. The molecular formula is C16H21N3S. The third kappa shape index (κ3) is 3.02. The van der Waals surface area contributed by atoms with E-state index in [1.54, 1.807) is 0 Å². The van der Waals surface area contributed by atoms with Crippen LogP contribution in [0.15, 0.2) is 30.3 Å². The molecule has 2 heterocycles. The van der Waals surface area contributed by atoms with Crippen LogP contribution in [0.2, 0.25) is 0 Å². The monoisotopic (exact) mass is 287 g/mol. The maximum absolute atomic E-state index is 4.78. The van der Waals surface area contributed by atoms with Gasteiger partial charge in [0.2, 0.25) is 0 Å². The Balaban J connectivity index is 1.71. The standard InChI is InChI=1S/C16H21N3S/c1-12(2)17-10-16-18-14-8-9-19(11-15(14)20-16)13-6-4-3-5-7-13/h3-7,12,17H,8-11H2,1-2H3. The average molecular weight is 287 g/mol. The van der Waals surface area contributed by atoms with Gasteiger partial charge in [0, 0.05) is 36.1 Å². The van der Waals surface area contributed by atoms with Crippen molar-refractivity contribution in [2.24, 2.45) is 0 Å². The highest BCUT2D eigenvalue weighted by atomic mass is 32.1. The van der Waals surface area contributed by atoms with E-state index in [9.17, 15) is 0 Å². The molecule has 20 heavy (non-hydrogen) atoms. The highest BCUT2D eigenvalue weighted by Crippen LogP contribution is 2.28. The molecule has 106 valence electrons. The summed E-state index contributed by atoms with van der Waals surface area (Å²) in [4.78, 5) is 8.66. The molecule has 0 amide bonds. The van der Waals surface area contributed by atoms with Crippen LogP contribution in [0.25, 0.3) is 0 Å². The fraction of sp³-hybridized carbons (Fsp3) is 0.438. The summed E-state index contributed by atoms with van der Waals surface area (Å²) in [6, 6.07) is 11.2. The summed E-state index contributed by atoms with van der Waals surface area (Å²) >= 11 is 1.86. The van der Waals surface area contributed by atoms with E-state index < -0.39 is 0 Å². The van der Waals surface area contributed by atoms with Crippen LogP contribution in [0.3, 0.4) is 0 Å². The summed E-state index contributed by atoms with van der Waals surface area (Å²) in [6.45, 7) is 7.30. The summed E-state index contributed by atoms with van der Waals surface area (Å²) in [6.07, 6.45) is 1.06. The van der Waals surface area contributed by atoms with Gasteiger partial charge in [-0.1, -0.05) is 32.0 Å². The molecule has 1 aliphatic heterocycles. The highest BCUT2D eigenvalue weighted by Gasteiger charge is 2.20. The van der Waals surface area contributed by atoms with Crippen LogP contribution in [0, 0.1) is 0 Å². The SMILES string of the molecule is CC(C)NCc1nc2c(s1)CN(c1ccccc1)CC2. The summed E-state index contributed by atoms with van der Waals surface area (Å²) < 4.78 is 0. The van der Waals surface area contributed by atoms with Crippen molar-refractivity contribution in [3.63, 3.8) is 0 Å². The first kappa shape index (κ1) is 13.6. The van der Waals surface area contributed by atoms with Crippen molar-refractivity contribution in [1.29, 1.82) is 0 Å². The zero-order chi connectivity index (χ0) is 13.9. The van der Waals surface area contributed by atoms with E-state index in [4.69, 9.17) is 4.98 Å². The van der Waals surface area contributed by atoms with Gasteiger partial charge in [0.05, 0.1) is 12.2 Å². The van der Waals surface area contributed by atoms with Crippen LogP contribution in [-0.2, 0) is 19.5 Å². The topological polar surface area (TPSA) is 28.2 Å². The average Bonchev–Trinajstić information content (AvgIpc) is 2.88. The van der Waals surface area contributed by atoms with Crippen LogP contribution in [0.4, 0.5) is 5.69 Å². The van der Waals surface area contributed by atoms with Crippen LogP contribution in [0.5, 0.6) is 0 Å². The fourth-order valence-electron chi connectivity index (χ4n) is 2.48. The molecule has 0 bridgehead atoms. The van der Waals surface area contributed by atoms with E-state index in [0.717, 1.165) is 26.1 Å². The van der Waals surface area contributed by atoms with Crippen LogP contribution in [-0.4, -0.2) is 17.6 Å². The van der Waals surface area contributed by atoms with E-state index in [2.05, 4.69) is 54.4 Å². The van der Waals surface area contributed by atoms with Crippen molar-refractivity contribution < 1.29 is 0 Å². The molecule has 0 spiro atoms. The van der Waals surface area contributed by atoms with Crippen LogP contribution in [0.1, 0.15) is 29.4 Å². The lowest BCUT2D eigenvalue weighted by atomic mass is 10.1. The molecule has 1 aromatic carbocycles. The summed E-state index contributed by atoms with van der Waals surface area (Å²) in [5.41, 5.74) is 2.62. The van der Waals surface area contributed by atoms with Crippen molar-refractivity contribution in [3.8, 4) is 0 Å². The molecule has 2 aromatic rings. The molecule has 0 saturated carbocycles. The molecule has 4 heteroatoms. The third-order valence-electron chi connectivity index (χ3n) is 3.56. The number of aromatic nitrogens is 1. The number of fused-ring (bicyclic) bond motifs is 1. The lowest BCUT2D eigenvalue weighted by Crippen LogP contribution is -2.29. The smallest absolute Gasteiger partial charge is 0.107 e. The third-order valence-corrected chi connectivity index (χ3v) is 4.64. The Kier molecular flexibility index (Phi) is 4.03. The molecule has 0 radical (unpaired) electrons. The summed E-state index contributed by atoms with van der Waals surface area (Å²) in [7, 11) is 0. The van der Waals surface area contributed by atoms with Crippen molar-refractivity contribution in [3.05, 3.63) is 45.9 Å². The summed E-state index contributed by atoms with van der Waals surface area (Å²) in [5, 5.41) is 4.67. The minimum Gasteiger partial charge on any atom is -0.366 e. The highest BCUT2D eigenvalue weighted by molar-refractivity contribution is 7.11. The number of thiazole rings is 1. The van der Waals surface area contributed by atoms with E-state index in [-0.39, 0.29) is 0 Å². The van der Waals surface area contributed by atoms with E-state index in [1.807, 2.05) is 11.3 Å². The number of hydrogen-bond acceptors (Lipinski definition) is 4. The van der Waals surface area contributed by atoms with Gasteiger partial charge < -0.3 is 10.2 Å². The first-order valence-corrected chi connectivity index (χ1v) is 8.05. The number of nitrogens with one attached hydrogen (secondary N) is 1. The second-order valence-corrected chi connectivity index (χ2v) is 6.69. The Morgan fingerprint density at radius 3 is 2.85 bits per heavy atom. The van der Waals surface area contributed by atoms with Gasteiger partial charge >= 0.3 is 0 Å². The maximum atomic E-state index is 4.78. The number of benzene rings is 1. The van der Waals surface area contributed by atoms with Gasteiger partial charge in [0.25, 0.3) is 0 Å². The van der Waals surface area contributed by atoms with Crippen LogP contribution >= 0.6 is 11.3 Å². The van der Waals surface area contributed by atoms with Crippen molar-refractivity contribution in [2.75, 3.05) is 11.4 Å². The van der Waals surface area contributed by atoms with Crippen molar-refractivity contribution in [2.45, 2.75) is 39.4 Å². The molecule has 0 atom stereocenters. The number of para-hydroxylation sites is 1. The second-order valence-electron chi connectivity index (χ2n) is 5.52. The predicted molar refractivity (Wildman–Crippen MR) is 85.3 cm³/mol. The predicted octanol–water partition coefficient (Wildman–Crippen LogP) is 3.20. The maximum Gasteiger partial charge on any atom is 0.107 e. The Morgan fingerprint density at radius 1 is 1.30 bits per heavy atom. The molecular weight excluding hydrogens is 266 g/mol. The van der Waals surface area contributed by atoms with Crippen LogP contribution < -0.4 is 10.2 Å². The molecule has 1 aromatic heterocycles. The molecule has 1 aliphatic rings.